The Bertz CT molecular complexity index is 692. The summed E-state index contributed by atoms with van der Waals surface area (Å²) in [5, 5.41) is 12.8. The van der Waals surface area contributed by atoms with Crippen LogP contribution in [0.5, 0.6) is 0 Å². The number of benzene rings is 1. The monoisotopic (exact) mass is 345 g/mol. The maximum Gasteiger partial charge on any atom is 0.249 e. The minimum Gasteiger partial charge on any atom is -0.343 e. The Kier molecular flexibility index (Phi) is 4.77. The lowest BCUT2D eigenvalue weighted by atomic mass is 9.86. The van der Waals surface area contributed by atoms with Crippen molar-refractivity contribution in [3.63, 3.8) is 0 Å². The number of piperidine rings is 1. The molecular formula is C18H20ClN3O2. The first-order valence-corrected chi connectivity index (χ1v) is 8.73. The Morgan fingerprint density at radius 3 is 2.67 bits per heavy atom. The molecule has 0 radical (unpaired) electrons. The van der Waals surface area contributed by atoms with Crippen LogP contribution < -0.4 is 10.2 Å². The zero-order valence-corrected chi connectivity index (χ0v) is 14.2. The van der Waals surface area contributed by atoms with Crippen LogP contribution in [0.3, 0.4) is 0 Å². The van der Waals surface area contributed by atoms with Crippen LogP contribution in [0.2, 0.25) is 5.02 Å². The minimum absolute atomic E-state index is 0.159. The van der Waals surface area contributed by atoms with Crippen molar-refractivity contribution >= 4 is 29.1 Å². The van der Waals surface area contributed by atoms with Crippen molar-refractivity contribution in [3.05, 3.63) is 29.3 Å². The van der Waals surface area contributed by atoms with Crippen LogP contribution in [-0.2, 0) is 9.59 Å². The number of para-hydroxylation sites is 1. The second-order valence-corrected chi connectivity index (χ2v) is 6.92. The summed E-state index contributed by atoms with van der Waals surface area (Å²) >= 11 is 6.20. The van der Waals surface area contributed by atoms with Crippen LogP contribution in [0, 0.1) is 16.7 Å². The first-order valence-electron chi connectivity index (χ1n) is 8.35. The lowest BCUT2D eigenvalue weighted by Crippen LogP contribution is -2.55. The van der Waals surface area contributed by atoms with Gasteiger partial charge in [-0.1, -0.05) is 36.6 Å². The zero-order chi connectivity index (χ0) is 17.2. The van der Waals surface area contributed by atoms with Crippen LogP contribution in [0.15, 0.2) is 24.3 Å². The predicted molar refractivity (Wildman–Crippen MR) is 91.5 cm³/mol. The van der Waals surface area contributed by atoms with Crippen molar-refractivity contribution in [3.8, 4) is 6.07 Å². The van der Waals surface area contributed by atoms with Gasteiger partial charge in [-0.2, -0.15) is 5.26 Å². The van der Waals surface area contributed by atoms with E-state index in [1.54, 1.807) is 17.0 Å². The van der Waals surface area contributed by atoms with Crippen LogP contribution in [0.4, 0.5) is 5.69 Å². The molecule has 1 aliphatic carbocycles. The number of carbonyl (C=O) groups excluding carboxylic acids is 2. The molecule has 1 saturated heterocycles. The first kappa shape index (κ1) is 16.8. The molecule has 1 atom stereocenters. The van der Waals surface area contributed by atoms with Gasteiger partial charge in [-0.25, -0.2) is 0 Å². The fourth-order valence-electron chi connectivity index (χ4n) is 3.58. The van der Waals surface area contributed by atoms with Crippen LogP contribution >= 0.6 is 11.6 Å². The molecule has 2 amide bonds. The fraction of sp³-hybridized carbons (Fsp3) is 0.500. The molecule has 1 saturated carbocycles. The van der Waals surface area contributed by atoms with Crippen molar-refractivity contribution in [2.45, 2.75) is 44.6 Å². The standard InChI is InChI=1S/C18H20ClN3O2/c19-13-6-1-2-8-15(13)22-11-5-7-14(16(22)23)21-17(24)18(12-20)9-3-4-10-18/h1-2,6,8,14H,3-5,7,9-11H2,(H,21,24). The molecular weight excluding hydrogens is 326 g/mol. The molecule has 24 heavy (non-hydrogen) atoms. The fourth-order valence-corrected chi connectivity index (χ4v) is 3.82. The van der Waals surface area contributed by atoms with Gasteiger partial charge < -0.3 is 10.2 Å². The van der Waals surface area contributed by atoms with E-state index in [2.05, 4.69) is 11.4 Å². The van der Waals surface area contributed by atoms with Gasteiger partial charge in [0.2, 0.25) is 11.8 Å². The van der Waals surface area contributed by atoms with Crippen molar-refractivity contribution in [2.75, 3.05) is 11.4 Å². The highest BCUT2D eigenvalue weighted by Crippen LogP contribution is 2.38. The third-order valence-corrected chi connectivity index (χ3v) is 5.31. The second-order valence-electron chi connectivity index (χ2n) is 6.51. The van der Waals surface area contributed by atoms with Gasteiger partial charge in [0.25, 0.3) is 0 Å². The number of carbonyl (C=O) groups is 2. The van der Waals surface area contributed by atoms with Crippen molar-refractivity contribution < 1.29 is 9.59 Å². The van der Waals surface area contributed by atoms with Gasteiger partial charge in [0.05, 0.1) is 16.8 Å². The summed E-state index contributed by atoms with van der Waals surface area (Å²) in [5.74, 6) is -0.462. The van der Waals surface area contributed by atoms with Crippen molar-refractivity contribution in [1.82, 2.24) is 5.32 Å². The number of anilines is 1. The SMILES string of the molecule is N#CC1(C(=O)NC2CCCN(c3ccccc3Cl)C2=O)CCCC1. The molecule has 1 unspecified atom stereocenters. The highest BCUT2D eigenvalue weighted by atomic mass is 35.5. The molecule has 2 fully saturated rings. The average molecular weight is 346 g/mol. The molecule has 6 heteroatoms. The number of hydrogen-bond donors (Lipinski definition) is 1. The molecule has 0 bridgehead atoms. The molecule has 1 aromatic rings. The van der Waals surface area contributed by atoms with E-state index in [4.69, 9.17) is 11.6 Å². The number of nitrogens with one attached hydrogen (secondary N) is 1. The quantitative estimate of drug-likeness (QED) is 0.915. The second kappa shape index (κ2) is 6.82. The van der Waals surface area contributed by atoms with Gasteiger partial charge in [-0.05, 0) is 37.8 Å². The van der Waals surface area contributed by atoms with E-state index in [1.807, 2.05) is 12.1 Å². The maximum absolute atomic E-state index is 12.8. The zero-order valence-electron chi connectivity index (χ0n) is 13.4. The molecule has 3 rings (SSSR count). The summed E-state index contributed by atoms with van der Waals surface area (Å²) < 4.78 is 0. The Morgan fingerprint density at radius 1 is 1.29 bits per heavy atom. The molecule has 0 spiro atoms. The van der Waals surface area contributed by atoms with Crippen LogP contribution in [-0.4, -0.2) is 24.4 Å². The largest absolute Gasteiger partial charge is 0.343 e. The molecule has 0 aromatic heterocycles. The third kappa shape index (κ3) is 2.99. The summed E-state index contributed by atoms with van der Waals surface area (Å²) in [5.41, 5.74) is -0.300. The number of amides is 2. The highest BCUT2D eigenvalue weighted by Gasteiger charge is 2.43. The lowest BCUT2D eigenvalue weighted by Gasteiger charge is -2.34. The first-order chi connectivity index (χ1) is 11.6. The maximum atomic E-state index is 12.8. The molecule has 2 aliphatic rings. The summed E-state index contributed by atoms with van der Waals surface area (Å²) in [7, 11) is 0. The lowest BCUT2D eigenvalue weighted by molar-refractivity contribution is -0.132. The number of hydrogen-bond acceptors (Lipinski definition) is 3. The van der Waals surface area contributed by atoms with Gasteiger partial charge in [-0.3, -0.25) is 9.59 Å². The van der Waals surface area contributed by atoms with Crippen LogP contribution in [0.25, 0.3) is 0 Å². The van der Waals surface area contributed by atoms with Crippen LogP contribution in [0.1, 0.15) is 38.5 Å². The minimum atomic E-state index is -0.965. The van der Waals surface area contributed by atoms with Gasteiger partial charge >= 0.3 is 0 Å². The molecule has 1 aromatic carbocycles. The summed E-state index contributed by atoms with van der Waals surface area (Å²) in [6, 6.07) is 8.78. The Morgan fingerprint density at radius 2 is 2.00 bits per heavy atom. The van der Waals surface area contributed by atoms with E-state index in [0.29, 0.717) is 36.5 Å². The number of halogens is 1. The normalized spacial score (nSPS) is 22.9. The summed E-state index contributed by atoms with van der Waals surface area (Å²) in [4.78, 5) is 27.0. The topological polar surface area (TPSA) is 73.2 Å². The smallest absolute Gasteiger partial charge is 0.249 e. The molecule has 1 aliphatic heterocycles. The van der Waals surface area contributed by atoms with Crippen molar-refractivity contribution in [1.29, 1.82) is 5.26 Å². The molecule has 126 valence electrons. The van der Waals surface area contributed by atoms with Gasteiger partial charge in [-0.15, -0.1) is 0 Å². The predicted octanol–water partition coefficient (Wildman–Crippen LogP) is 3.04. The van der Waals surface area contributed by atoms with Gasteiger partial charge in [0, 0.05) is 6.54 Å². The molecule has 1 heterocycles. The average Bonchev–Trinajstić information content (AvgIpc) is 3.08. The molecule has 5 nitrogen and oxygen atoms in total. The van der Waals surface area contributed by atoms with E-state index in [1.165, 1.54) is 0 Å². The number of nitriles is 1. The van der Waals surface area contributed by atoms with E-state index in [9.17, 15) is 14.9 Å². The highest BCUT2D eigenvalue weighted by molar-refractivity contribution is 6.33. The number of rotatable bonds is 3. The number of nitrogens with zero attached hydrogens (tertiary/aromatic N) is 2. The van der Waals surface area contributed by atoms with Gasteiger partial charge in [0.1, 0.15) is 11.5 Å². The van der Waals surface area contributed by atoms with E-state index in [0.717, 1.165) is 19.3 Å². The van der Waals surface area contributed by atoms with E-state index < -0.39 is 11.5 Å². The Balaban J connectivity index is 1.75. The third-order valence-electron chi connectivity index (χ3n) is 4.99. The summed E-state index contributed by atoms with van der Waals surface area (Å²) in [6.45, 7) is 0.582. The summed E-state index contributed by atoms with van der Waals surface area (Å²) in [6.07, 6.45) is 4.28. The van der Waals surface area contributed by atoms with E-state index in [-0.39, 0.29) is 11.8 Å². The Labute approximate surface area is 146 Å². The van der Waals surface area contributed by atoms with E-state index >= 15 is 0 Å². The van der Waals surface area contributed by atoms with Crippen molar-refractivity contribution in [2.24, 2.45) is 5.41 Å². The molecule has 1 N–H and O–H groups in total. The Hall–Kier alpha value is -2.06. The van der Waals surface area contributed by atoms with Gasteiger partial charge in [0.15, 0.2) is 0 Å².